The van der Waals surface area contributed by atoms with E-state index in [4.69, 9.17) is 6.42 Å². The predicted molar refractivity (Wildman–Crippen MR) is 60.5 cm³/mol. The van der Waals surface area contributed by atoms with Gasteiger partial charge in [-0.15, -0.1) is 6.42 Å². The molecule has 0 spiro atoms. The van der Waals surface area contributed by atoms with Crippen molar-refractivity contribution < 1.29 is 9.90 Å². The fourth-order valence-corrected chi connectivity index (χ4v) is 2.15. The number of hydrogen-bond donors (Lipinski definition) is 1. The van der Waals surface area contributed by atoms with Crippen LogP contribution < -0.4 is 0 Å². The molecule has 0 radical (unpaired) electrons. The molecule has 82 valence electrons. The topological polar surface area (TPSA) is 40.5 Å². The number of carbonyl (C=O) groups excluding carboxylic acids is 1. The van der Waals surface area contributed by atoms with Crippen LogP contribution in [0.15, 0.2) is 24.3 Å². The first-order chi connectivity index (χ1) is 7.65. The third-order valence-corrected chi connectivity index (χ3v) is 3.02. The second-order valence-electron chi connectivity index (χ2n) is 3.81. The number of rotatable bonds is 2. The summed E-state index contributed by atoms with van der Waals surface area (Å²) in [5, 5.41) is 10.5. The minimum Gasteiger partial charge on any atom is -0.367 e. The molecule has 1 unspecified atom stereocenters. The fourth-order valence-electron chi connectivity index (χ4n) is 2.15. The molecule has 1 atom stereocenters. The van der Waals surface area contributed by atoms with Crippen LogP contribution in [0.5, 0.6) is 0 Å². The van der Waals surface area contributed by atoms with Gasteiger partial charge in [0, 0.05) is 11.1 Å². The van der Waals surface area contributed by atoms with E-state index < -0.39 is 5.72 Å². The predicted octanol–water partition coefficient (Wildman–Crippen LogP) is 1.33. The number of carbonyl (C=O) groups is 1. The first-order valence-corrected chi connectivity index (χ1v) is 5.22. The van der Waals surface area contributed by atoms with Gasteiger partial charge in [0.2, 0.25) is 0 Å². The fraction of sp³-hybridized carbons (Fsp3) is 0.308. The Morgan fingerprint density at radius 3 is 2.81 bits per heavy atom. The zero-order valence-electron chi connectivity index (χ0n) is 9.10. The maximum Gasteiger partial charge on any atom is 0.257 e. The molecule has 2 rings (SSSR count). The summed E-state index contributed by atoms with van der Waals surface area (Å²) < 4.78 is 0. The standard InChI is InChI=1S/C13H13NO2/c1-3-9-14-12(15)10-7-5-6-8-11(10)13(14,16)4-2/h1,5-8,16H,4,9H2,2H3. The molecular weight excluding hydrogens is 202 g/mol. The van der Waals surface area contributed by atoms with E-state index in [-0.39, 0.29) is 12.5 Å². The molecule has 1 aromatic carbocycles. The summed E-state index contributed by atoms with van der Waals surface area (Å²) in [7, 11) is 0. The van der Waals surface area contributed by atoms with Crippen LogP contribution in [0.4, 0.5) is 0 Å². The molecule has 1 aliphatic heterocycles. The number of aliphatic hydroxyl groups is 1. The Morgan fingerprint density at radius 2 is 2.19 bits per heavy atom. The molecule has 0 saturated carbocycles. The lowest BCUT2D eigenvalue weighted by Gasteiger charge is -2.32. The number of terminal acetylenes is 1. The van der Waals surface area contributed by atoms with Gasteiger partial charge in [-0.3, -0.25) is 9.69 Å². The summed E-state index contributed by atoms with van der Waals surface area (Å²) >= 11 is 0. The molecule has 1 N–H and O–H groups in total. The summed E-state index contributed by atoms with van der Waals surface area (Å²) in [6.07, 6.45) is 5.65. The van der Waals surface area contributed by atoms with Crippen LogP contribution in [0.1, 0.15) is 29.3 Å². The van der Waals surface area contributed by atoms with Crippen LogP contribution in [-0.2, 0) is 5.72 Å². The molecule has 0 aliphatic carbocycles. The normalized spacial score (nSPS) is 23.1. The van der Waals surface area contributed by atoms with E-state index >= 15 is 0 Å². The van der Waals surface area contributed by atoms with E-state index in [0.717, 1.165) is 0 Å². The van der Waals surface area contributed by atoms with E-state index in [9.17, 15) is 9.90 Å². The SMILES string of the molecule is C#CCN1C(=O)c2ccccc2C1(O)CC. The first kappa shape index (κ1) is 10.7. The van der Waals surface area contributed by atoms with Gasteiger partial charge in [-0.05, 0) is 12.5 Å². The van der Waals surface area contributed by atoms with Crippen molar-refractivity contribution in [2.75, 3.05) is 6.54 Å². The molecule has 3 heteroatoms. The van der Waals surface area contributed by atoms with Gasteiger partial charge in [0.15, 0.2) is 5.72 Å². The summed E-state index contributed by atoms with van der Waals surface area (Å²) in [6, 6.07) is 7.08. The number of nitrogens with zero attached hydrogens (tertiary/aromatic N) is 1. The summed E-state index contributed by atoms with van der Waals surface area (Å²) in [6.45, 7) is 1.96. The Labute approximate surface area is 94.7 Å². The zero-order chi connectivity index (χ0) is 11.8. The van der Waals surface area contributed by atoms with Gasteiger partial charge in [0.1, 0.15) is 0 Å². The Bertz CT molecular complexity index is 475. The van der Waals surface area contributed by atoms with Crippen LogP contribution in [0.3, 0.4) is 0 Å². The Kier molecular flexibility index (Phi) is 2.45. The second-order valence-corrected chi connectivity index (χ2v) is 3.81. The highest BCUT2D eigenvalue weighted by atomic mass is 16.3. The van der Waals surface area contributed by atoms with Crippen molar-refractivity contribution in [2.24, 2.45) is 0 Å². The Hall–Kier alpha value is -1.79. The van der Waals surface area contributed by atoms with Crippen molar-refractivity contribution in [3.63, 3.8) is 0 Å². The highest BCUT2D eigenvalue weighted by Crippen LogP contribution is 2.38. The molecule has 1 heterocycles. The average molecular weight is 215 g/mol. The van der Waals surface area contributed by atoms with Gasteiger partial charge in [0.05, 0.1) is 6.54 Å². The number of hydrogen-bond acceptors (Lipinski definition) is 2. The molecule has 0 fully saturated rings. The van der Waals surface area contributed by atoms with E-state index in [1.54, 1.807) is 18.2 Å². The van der Waals surface area contributed by atoms with Gasteiger partial charge in [0.25, 0.3) is 5.91 Å². The summed E-state index contributed by atoms with van der Waals surface area (Å²) in [4.78, 5) is 13.4. The van der Waals surface area contributed by atoms with Crippen LogP contribution in [0.2, 0.25) is 0 Å². The third kappa shape index (κ3) is 1.24. The van der Waals surface area contributed by atoms with Gasteiger partial charge in [-0.25, -0.2) is 0 Å². The molecule has 0 saturated heterocycles. The maximum atomic E-state index is 12.0. The monoisotopic (exact) mass is 215 g/mol. The molecule has 1 aliphatic rings. The smallest absolute Gasteiger partial charge is 0.257 e. The molecule has 0 aromatic heterocycles. The third-order valence-electron chi connectivity index (χ3n) is 3.02. The van der Waals surface area contributed by atoms with Crippen LogP contribution in [0.25, 0.3) is 0 Å². The van der Waals surface area contributed by atoms with Gasteiger partial charge in [-0.1, -0.05) is 31.0 Å². The van der Waals surface area contributed by atoms with Crippen LogP contribution in [0, 0.1) is 12.3 Å². The number of benzene rings is 1. The first-order valence-electron chi connectivity index (χ1n) is 5.22. The average Bonchev–Trinajstić information content (AvgIpc) is 2.53. The lowest BCUT2D eigenvalue weighted by molar-refractivity contribution is -0.0809. The highest BCUT2D eigenvalue weighted by Gasteiger charge is 2.46. The summed E-state index contributed by atoms with van der Waals surface area (Å²) in [5.41, 5.74) is -0.0556. The minimum absolute atomic E-state index is 0.123. The van der Waals surface area contributed by atoms with Crippen molar-refractivity contribution in [3.05, 3.63) is 35.4 Å². The van der Waals surface area contributed by atoms with Crippen LogP contribution >= 0.6 is 0 Å². The molecule has 1 amide bonds. The minimum atomic E-state index is -1.25. The van der Waals surface area contributed by atoms with E-state index in [0.29, 0.717) is 17.5 Å². The van der Waals surface area contributed by atoms with Crippen molar-refractivity contribution in [3.8, 4) is 12.3 Å². The lowest BCUT2D eigenvalue weighted by atomic mass is 9.99. The van der Waals surface area contributed by atoms with Crippen LogP contribution in [-0.4, -0.2) is 22.5 Å². The lowest BCUT2D eigenvalue weighted by Crippen LogP contribution is -2.43. The van der Waals surface area contributed by atoms with Crippen molar-refractivity contribution in [1.29, 1.82) is 0 Å². The largest absolute Gasteiger partial charge is 0.367 e. The molecule has 16 heavy (non-hydrogen) atoms. The highest BCUT2D eigenvalue weighted by molar-refractivity contribution is 5.99. The zero-order valence-corrected chi connectivity index (χ0v) is 9.10. The van der Waals surface area contributed by atoms with E-state index in [1.807, 2.05) is 13.0 Å². The molecular formula is C13H13NO2. The van der Waals surface area contributed by atoms with Gasteiger partial charge in [-0.2, -0.15) is 0 Å². The molecule has 3 nitrogen and oxygen atoms in total. The van der Waals surface area contributed by atoms with Crippen molar-refractivity contribution in [1.82, 2.24) is 4.90 Å². The molecule has 0 bridgehead atoms. The van der Waals surface area contributed by atoms with Crippen molar-refractivity contribution in [2.45, 2.75) is 19.1 Å². The second kappa shape index (κ2) is 3.66. The van der Waals surface area contributed by atoms with Crippen molar-refractivity contribution >= 4 is 5.91 Å². The van der Waals surface area contributed by atoms with Gasteiger partial charge < -0.3 is 5.11 Å². The number of fused-ring (bicyclic) bond motifs is 1. The summed E-state index contributed by atoms with van der Waals surface area (Å²) in [5.74, 6) is 2.21. The van der Waals surface area contributed by atoms with E-state index in [2.05, 4.69) is 5.92 Å². The van der Waals surface area contributed by atoms with Gasteiger partial charge >= 0.3 is 0 Å². The van der Waals surface area contributed by atoms with E-state index in [1.165, 1.54) is 4.90 Å². The Morgan fingerprint density at radius 1 is 1.50 bits per heavy atom. The Balaban J connectivity index is 2.57. The molecule has 1 aromatic rings. The number of amides is 1. The maximum absolute atomic E-state index is 12.0. The quantitative estimate of drug-likeness (QED) is 0.756.